The summed E-state index contributed by atoms with van der Waals surface area (Å²) in [5, 5.41) is 14.1. The maximum atomic E-state index is 13.0. The Morgan fingerprint density at radius 3 is 1.02 bits per heavy atom. The number of quaternary nitrogens is 1. The lowest BCUT2D eigenvalue weighted by Gasteiger charge is -2.26. The van der Waals surface area contributed by atoms with Crippen LogP contribution in [0.5, 0.6) is 0 Å². The summed E-state index contributed by atoms with van der Waals surface area (Å²) in [6, 6.07) is -0.755. The topological polar surface area (TPSA) is 105 Å². The Hall–Kier alpha value is -0.500. The van der Waals surface area contributed by atoms with Gasteiger partial charge in [0, 0.05) is 6.42 Å². The predicted molar refractivity (Wildman–Crippen MR) is 286 cm³/mol. The van der Waals surface area contributed by atoms with Gasteiger partial charge in [-0.3, -0.25) is 13.8 Å². The van der Waals surface area contributed by atoms with Gasteiger partial charge in [0.05, 0.1) is 39.9 Å². The molecule has 0 heterocycles. The van der Waals surface area contributed by atoms with E-state index < -0.39 is 20.0 Å². The van der Waals surface area contributed by atoms with E-state index in [0.29, 0.717) is 23.9 Å². The summed E-state index contributed by atoms with van der Waals surface area (Å²) < 4.78 is 23.8. The number of aliphatic hydroxyl groups is 1. The van der Waals surface area contributed by atoms with Gasteiger partial charge < -0.3 is 19.8 Å². The van der Waals surface area contributed by atoms with E-state index in [1.54, 1.807) is 0 Å². The summed E-state index contributed by atoms with van der Waals surface area (Å²) in [5.41, 5.74) is 0. The zero-order valence-corrected chi connectivity index (χ0v) is 46.1. The molecule has 66 heavy (non-hydrogen) atoms. The Kier molecular flexibility index (Phi) is 49.1. The molecule has 8 nitrogen and oxygen atoms in total. The molecule has 9 heteroatoms. The van der Waals surface area contributed by atoms with Crippen LogP contribution in [0.2, 0.25) is 0 Å². The standard InChI is InChI=1S/C57H117N2O6P/c1-6-8-10-12-14-16-18-20-22-23-24-25-26-27-28-29-30-31-32-33-34-35-37-38-40-42-44-46-48-50-56(60)55(54-65-66(62,63)64-53-52-59(3,4)5)58-57(61)51-49-47-45-43-41-39-36-21-19-17-15-13-11-9-7-2/h55-56,60H,6-54H2,1-5H3,(H-,58,61,62,63)/p+1. The maximum absolute atomic E-state index is 13.0. The first-order chi connectivity index (χ1) is 32.0. The predicted octanol–water partition coefficient (Wildman–Crippen LogP) is 17.7. The molecule has 0 aliphatic rings. The van der Waals surface area contributed by atoms with Crippen molar-refractivity contribution in [3.63, 3.8) is 0 Å². The number of likely N-dealkylation sites (N-methyl/N-ethyl adjacent to an activating group) is 1. The minimum atomic E-state index is -4.32. The zero-order chi connectivity index (χ0) is 48.5. The van der Waals surface area contributed by atoms with E-state index >= 15 is 0 Å². The zero-order valence-electron chi connectivity index (χ0n) is 45.2. The lowest BCUT2D eigenvalue weighted by molar-refractivity contribution is -0.870. The van der Waals surface area contributed by atoms with Crippen molar-refractivity contribution in [1.29, 1.82) is 0 Å². The average Bonchev–Trinajstić information content (AvgIpc) is 3.28. The fourth-order valence-corrected chi connectivity index (χ4v) is 9.96. The SMILES string of the molecule is CCCCCCCCCCCCCCCCCCCCCCCCCCCCCCCC(O)C(COP(=O)(O)OCC[N+](C)(C)C)NC(=O)CCCCCCCCCCCCCCCCC. The molecule has 0 aromatic carbocycles. The van der Waals surface area contributed by atoms with E-state index in [9.17, 15) is 19.4 Å². The summed E-state index contributed by atoms with van der Waals surface area (Å²) in [7, 11) is 1.64. The van der Waals surface area contributed by atoms with Gasteiger partial charge >= 0.3 is 7.82 Å². The van der Waals surface area contributed by atoms with Gasteiger partial charge in [-0.05, 0) is 12.8 Å². The molecular formula is C57H118N2O6P+. The number of aliphatic hydroxyl groups excluding tert-OH is 1. The first-order valence-corrected chi connectivity index (χ1v) is 30.9. The van der Waals surface area contributed by atoms with Gasteiger partial charge in [0.2, 0.25) is 5.91 Å². The van der Waals surface area contributed by atoms with Crippen LogP contribution in [0.1, 0.15) is 309 Å². The van der Waals surface area contributed by atoms with Crippen LogP contribution < -0.4 is 5.32 Å². The van der Waals surface area contributed by atoms with E-state index in [-0.39, 0.29) is 19.1 Å². The number of hydrogen-bond acceptors (Lipinski definition) is 5. The van der Waals surface area contributed by atoms with Crippen LogP contribution in [0.25, 0.3) is 0 Å². The quantitative estimate of drug-likeness (QED) is 0.0319. The second-order valence-corrected chi connectivity index (χ2v) is 23.2. The highest BCUT2D eigenvalue weighted by Gasteiger charge is 2.28. The number of phosphoric ester groups is 1. The molecule has 3 unspecified atom stereocenters. The van der Waals surface area contributed by atoms with Crippen LogP contribution in [0, 0.1) is 0 Å². The monoisotopic (exact) mass is 958 g/mol. The molecule has 0 aromatic heterocycles. The molecular weight excluding hydrogens is 840 g/mol. The first kappa shape index (κ1) is 65.5. The third kappa shape index (κ3) is 51.4. The molecule has 0 aliphatic carbocycles. The third-order valence-corrected chi connectivity index (χ3v) is 14.8. The molecule has 3 atom stereocenters. The lowest BCUT2D eigenvalue weighted by atomic mass is 10.0. The molecule has 396 valence electrons. The van der Waals surface area contributed by atoms with E-state index in [4.69, 9.17) is 9.05 Å². The number of nitrogens with zero attached hydrogens (tertiary/aromatic N) is 1. The summed E-state index contributed by atoms with van der Waals surface area (Å²) in [4.78, 5) is 23.3. The van der Waals surface area contributed by atoms with Gasteiger partial charge in [-0.1, -0.05) is 290 Å². The molecule has 0 rings (SSSR count). The Morgan fingerprint density at radius 1 is 0.455 bits per heavy atom. The number of carbonyl (C=O) groups excluding carboxylic acids is 1. The number of nitrogens with one attached hydrogen (secondary N) is 1. The lowest BCUT2D eigenvalue weighted by Crippen LogP contribution is -2.46. The van der Waals surface area contributed by atoms with Crippen molar-refractivity contribution in [2.24, 2.45) is 0 Å². The summed E-state index contributed by atoms with van der Waals surface area (Å²) in [6.45, 7) is 4.94. The van der Waals surface area contributed by atoms with Crippen LogP contribution in [0.4, 0.5) is 0 Å². The van der Waals surface area contributed by atoms with Crippen LogP contribution in [-0.4, -0.2) is 73.4 Å². The Bertz CT molecular complexity index is 1040. The molecule has 0 aliphatic heterocycles. The summed E-state index contributed by atoms with van der Waals surface area (Å²) in [5.74, 6) is -0.137. The highest BCUT2D eigenvalue weighted by molar-refractivity contribution is 7.47. The third-order valence-electron chi connectivity index (χ3n) is 13.9. The second kappa shape index (κ2) is 49.5. The number of carbonyl (C=O) groups is 1. The van der Waals surface area contributed by atoms with E-state index in [1.807, 2.05) is 21.1 Å². The van der Waals surface area contributed by atoms with Gasteiger partial charge in [-0.25, -0.2) is 4.57 Å². The molecule has 0 radical (unpaired) electrons. The largest absolute Gasteiger partial charge is 0.472 e. The van der Waals surface area contributed by atoms with Crippen LogP contribution in [-0.2, 0) is 18.4 Å². The van der Waals surface area contributed by atoms with E-state index in [0.717, 1.165) is 38.5 Å². The average molecular weight is 959 g/mol. The number of rotatable bonds is 55. The number of hydrogen-bond donors (Lipinski definition) is 3. The smallest absolute Gasteiger partial charge is 0.391 e. The Labute approximate surface area is 412 Å². The van der Waals surface area contributed by atoms with Crippen molar-refractivity contribution in [2.75, 3.05) is 40.9 Å². The second-order valence-electron chi connectivity index (χ2n) is 21.7. The van der Waals surface area contributed by atoms with Gasteiger partial charge in [-0.15, -0.1) is 0 Å². The minimum Gasteiger partial charge on any atom is -0.391 e. The van der Waals surface area contributed by atoms with Gasteiger partial charge in [0.15, 0.2) is 0 Å². The molecule has 3 N–H and O–H groups in total. The molecule has 0 aromatic rings. The van der Waals surface area contributed by atoms with Crippen molar-refractivity contribution < 1.29 is 32.9 Å². The highest BCUT2D eigenvalue weighted by Crippen LogP contribution is 2.43. The highest BCUT2D eigenvalue weighted by atomic mass is 31.2. The Morgan fingerprint density at radius 2 is 0.727 bits per heavy atom. The van der Waals surface area contributed by atoms with E-state index in [2.05, 4.69) is 19.2 Å². The molecule has 0 bridgehead atoms. The fraction of sp³-hybridized carbons (Fsp3) is 0.982. The van der Waals surface area contributed by atoms with Crippen LogP contribution in [0.15, 0.2) is 0 Å². The maximum Gasteiger partial charge on any atom is 0.472 e. The normalized spacial score (nSPS) is 13.9. The molecule has 0 fully saturated rings. The molecule has 0 spiro atoms. The summed E-state index contributed by atoms with van der Waals surface area (Å²) in [6.07, 6.45) is 58.8. The molecule has 0 saturated carbocycles. The van der Waals surface area contributed by atoms with Crippen LogP contribution in [0.3, 0.4) is 0 Å². The Balaban J connectivity index is 4.03. The van der Waals surface area contributed by atoms with Crippen molar-refractivity contribution in [1.82, 2.24) is 5.32 Å². The van der Waals surface area contributed by atoms with Crippen molar-refractivity contribution in [3.8, 4) is 0 Å². The molecule has 0 saturated heterocycles. The van der Waals surface area contributed by atoms with Crippen molar-refractivity contribution >= 4 is 13.7 Å². The van der Waals surface area contributed by atoms with Gasteiger partial charge in [0.25, 0.3) is 0 Å². The van der Waals surface area contributed by atoms with Gasteiger partial charge in [0.1, 0.15) is 13.2 Å². The van der Waals surface area contributed by atoms with Gasteiger partial charge in [-0.2, -0.15) is 0 Å². The van der Waals surface area contributed by atoms with Crippen molar-refractivity contribution in [2.45, 2.75) is 321 Å². The van der Waals surface area contributed by atoms with Crippen molar-refractivity contribution in [3.05, 3.63) is 0 Å². The van der Waals surface area contributed by atoms with E-state index in [1.165, 1.54) is 244 Å². The molecule has 1 amide bonds. The first-order valence-electron chi connectivity index (χ1n) is 29.4. The number of amides is 1. The fourth-order valence-electron chi connectivity index (χ4n) is 9.23. The summed E-state index contributed by atoms with van der Waals surface area (Å²) >= 11 is 0. The number of phosphoric acid groups is 1. The minimum absolute atomic E-state index is 0.0791. The van der Waals surface area contributed by atoms with Crippen LogP contribution >= 0.6 is 7.82 Å². The number of unbranched alkanes of at least 4 members (excludes halogenated alkanes) is 42.